The lowest BCUT2D eigenvalue weighted by atomic mass is 10.0. The van der Waals surface area contributed by atoms with E-state index in [9.17, 15) is 9.59 Å². The molecule has 2 amide bonds. The number of fused-ring (bicyclic) bond motifs is 4. The van der Waals surface area contributed by atoms with Crippen molar-refractivity contribution in [2.75, 3.05) is 6.54 Å². The number of nitrogens with zero attached hydrogens (tertiary/aromatic N) is 2. The maximum absolute atomic E-state index is 13.5. The van der Waals surface area contributed by atoms with Crippen LogP contribution < -0.4 is 11.5 Å². The Kier molecular flexibility index (Phi) is 6.01. The molecule has 3 heterocycles. The molecule has 2 bridgehead atoms. The van der Waals surface area contributed by atoms with E-state index in [4.69, 9.17) is 27.5 Å². The molecule has 0 spiro atoms. The number of hydrogen-bond acceptors (Lipinski definition) is 4. The smallest absolute Gasteiger partial charge is 0.254 e. The first kappa shape index (κ1) is 26.5. The van der Waals surface area contributed by atoms with Gasteiger partial charge in [-0.25, -0.2) is 0 Å². The van der Waals surface area contributed by atoms with Crippen LogP contribution in [-0.2, 0) is 6.54 Å². The normalized spacial score (nSPS) is 21.4. The zero-order chi connectivity index (χ0) is 29.6. The van der Waals surface area contributed by atoms with Crippen LogP contribution in [0.2, 0.25) is 5.02 Å². The monoisotopic (exact) mass is 592 g/mol. The highest BCUT2D eigenvalue weighted by molar-refractivity contribution is 6.34. The van der Waals surface area contributed by atoms with Crippen LogP contribution in [0.4, 0.5) is 0 Å². The molecule has 3 aliphatic rings. The SMILES string of the molecule is Cc1c(-c2cc3ccc(-c4ccc(C(N)=O)c(Cl)c4)cc3n2CC2CC2)oc2cc(C(=O)N3CC4CCC3C4N)ccc12. The van der Waals surface area contributed by atoms with Crippen molar-refractivity contribution in [3.8, 4) is 22.6 Å². The van der Waals surface area contributed by atoms with E-state index in [1.165, 1.54) is 12.8 Å². The molecule has 5 aromatic rings. The predicted octanol–water partition coefficient (Wildman–Crippen LogP) is 6.75. The molecule has 1 saturated heterocycles. The summed E-state index contributed by atoms with van der Waals surface area (Å²) >= 11 is 6.38. The second-order valence-corrected chi connectivity index (χ2v) is 13.0. The molecule has 3 unspecified atom stereocenters. The summed E-state index contributed by atoms with van der Waals surface area (Å²) in [5, 5.41) is 2.48. The van der Waals surface area contributed by atoms with E-state index >= 15 is 0 Å². The average molecular weight is 593 g/mol. The summed E-state index contributed by atoms with van der Waals surface area (Å²) in [5.41, 5.74) is 18.7. The second-order valence-electron chi connectivity index (χ2n) is 12.6. The number of aromatic nitrogens is 1. The quantitative estimate of drug-likeness (QED) is 0.227. The van der Waals surface area contributed by atoms with E-state index in [-0.39, 0.29) is 18.0 Å². The number of piperidine rings is 1. The number of nitrogens with two attached hydrogens (primary N) is 2. The maximum atomic E-state index is 13.5. The van der Waals surface area contributed by atoms with Crippen molar-refractivity contribution < 1.29 is 14.0 Å². The summed E-state index contributed by atoms with van der Waals surface area (Å²) < 4.78 is 8.95. The molecule has 1 aliphatic heterocycles. The van der Waals surface area contributed by atoms with Crippen LogP contribution in [0.1, 0.15) is 52.0 Å². The minimum Gasteiger partial charge on any atom is -0.454 e. The molecular formula is C35H33ClN4O3. The van der Waals surface area contributed by atoms with Crippen LogP contribution >= 0.6 is 11.6 Å². The first-order chi connectivity index (χ1) is 20.8. The van der Waals surface area contributed by atoms with Crippen LogP contribution in [-0.4, -0.2) is 39.9 Å². The number of aryl methyl sites for hydroxylation is 1. The number of hydrogen-bond donors (Lipinski definition) is 2. The lowest BCUT2D eigenvalue weighted by Crippen LogP contribution is -2.41. The highest BCUT2D eigenvalue weighted by atomic mass is 35.5. The highest BCUT2D eigenvalue weighted by Crippen LogP contribution is 2.42. The third kappa shape index (κ3) is 4.28. The molecule has 8 heteroatoms. The summed E-state index contributed by atoms with van der Waals surface area (Å²) in [5.74, 6) is 1.38. The molecule has 8 rings (SSSR count). The Bertz CT molecular complexity index is 1970. The Labute approximate surface area is 254 Å². The largest absolute Gasteiger partial charge is 0.454 e. The highest BCUT2D eigenvalue weighted by Gasteiger charge is 2.46. The van der Waals surface area contributed by atoms with E-state index in [1.54, 1.807) is 12.1 Å². The van der Waals surface area contributed by atoms with Crippen molar-refractivity contribution in [3.63, 3.8) is 0 Å². The van der Waals surface area contributed by atoms with Crippen LogP contribution in [0.3, 0.4) is 0 Å². The molecule has 0 radical (unpaired) electrons. The van der Waals surface area contributed by atoms with Crippen molar-refractivity contribution in [1.29, 1.82) is 0 Å². The van der Waals surface area contributed by atoms with Crippen molar-refractivity contribution in [3.05, 3.63) is 82.4 Å². The molecule has 2 aromatic heterocycles. The zero-order valence-electron chi connectivity index (χ0n) is 24.0. The lowest BCUT2D eigenvalue weighted by molar-refractivity contribution is 0.0700. The fraction of sp³-hybridized carbons (Fsp3) is 0.314. The van der Waals surface area contributed by atoms with Crippen molar-refractivity contribution >= 4 is 45.3 Å². The average Bonchev–Trinajstić information content (AvgIpc) is 3.41. The lowest BCUT2D eigenvalue weighted by Gasteiger charge is -2.27. The van der Waals surface area contributed by atoms with Gasteiger partial charge in [0.1, 0.15) is 5.58 Å². The van der Waals surface area contributed by atoms with Gasteiger partial charge in [-0.1, -0.05) is 35.9 Å². The van der Waals surface area contributed by atoms with Gasteiger partial charge in [0.05, 0.1) is 16.3 Å². The van der Waals surface area contributed by atoms with Crippen molar-refractivity contribution in [2.24, 2.45) is 23.3 Å². The molecule has 4 N–H and O–H groups in total. The van der Waals surface area contributed by atoms with Gasteiger partial charge in [-0.3, -0.25) is 9.59 Å². The van der Waals surface area contributed by atoms with Gasteiger partial charge in [-0.2, -0.15) is 0 Å². The minimum atomic E-state index is -0.542. The van der Waals surface area contributed by atoms with Gasteiger partial charge in [-0.15, -0.1) is 0 Å². The summed E-state index contributed by atoms with van der Waals surface area (Å²) in [6.07, 6.45) is 4.54. The first-order valence-electron chi connectivity index (χ1n) is 15.1. The van der Waals surface area contributed by atoms with Crippen LogP contribution in [0.5, 0.6) is 0 Å². The number of rotatable bonds is 6. The third-order valence-corrected chi connectivity index (χ3v) is 10.3. The molecule has 2 aliphatic carbocycles. The molecule has 43 heavy (non-hydrogen) atoms. The Morgan fingerprint density at radius 2 is 1.77 bits per heavy atom. The number of carbonyl (C=O) groups is 2. The minimum absolute atomic E-state index is 0.0412. The van der Waals surface area contributed by atoms with E-state index < -0.39 is 5.91 Å². The molecular weight excluding hydrogens is 560 g/mol. The molecule has 3 aromatic carbocycles. The molecule has 3 atom stereocenters. The van der Waals surface area contributed by atoms with Gasteiger partial charge in [0.15, 0.2) is 5.76 Å². The van der Waals surface area contributed by atoms with Gasteiger partial charge in [0.25, 0.3) is 5.91 Å². The predicted molar refractivity (Wildman–Crippen MR) is 169 cm³/mol. The molecule has 218 valence electrons. The van der Waals surface area contributed by atoms with E-state index in [0.717, 1.165) is 75.9 Å². The number of benzene rings is 3. The Hall–Kier alpha value is -4.07. The Balaban J connectivity index is 1.19. The number of likely N-dealkylation sites (tertiary alicyclic amines) is 1. The van der Waals surface area contributed by atoms with Crippen LogP contribution in [0, 0.1) is 18.8 Å². The van der Waals surface area contributed by atoms with Crippen molar-refractivity contribution in [1.82, 2.24) is 9.47 Å². The number of halogens is 1. The van der Waals surface area contributed by atoms with Gasteiger partial charge in [-0.05, 0) is 92.0 Å². The summed E-state index contributed by atoms with van der Waals surface area (Å²) in [6, 6.07) is 20.0. The number of carbonyl (C=O) groups excluding carboxylic acids is 2. The zero-order valence-corrected chi connectivity index (χ0v) is 24.7. The fourth-order valence-electron chi connectivity index (χ4n) is 7.32. The number of furan rings is 1. The molecule has 7 nitrogen and oxygen atoms in total. The van der Waals surface area contributed by atoms with E-state index in [1.807, 2.05) is 29.2 Å². The molecule has 2 saturated carbocycles. The maximum Gasteiger partial charge on any atom is 0.254 e. The third-order valence-electron chi connectivity index (χ3n) is 9.94. The second kappa shape index (κ2) is 9.73. The van der Waals surface area contributed by atoms with Gasteiger partial charge in [0.2, 0.25) is 5.91 Å². The fourth-order valence-corrected chi connectivity index (χ4v) is 7.60. The summed E-state index contributed by atoms with van der Waals surface area (Å²) in [7, 11) is 0. The van der Waals surface area contributed by atoms with E-state index in [2.05, 4.69) is 35.8 Å². The standard InChI is InChI=1S/C35H33ClN4O3/c1-18-25-9-7-23(35(42)40-17-24-8-11-28(40)32(24)37)15-31(25)43-33(18)30-14-22-5-4-21(13-29(22)39(30)16-19-2-3-19)20-6-10-26(34(38)41)27(36)12-20/h4-7,9-10,12-15,19,24,28,32H,2-3,8,11,16-17,37H2,1H3,(H2,38,41). The van der Waals surface area contributed by atoms with Gasteiger partial charge in [0, 0.05) is 52.6 Å². The number of amides is 2. The summed E-state index contributed by atoms with van der Waals surface area (Å²) in [6.45, 7) is 3.74. The van der Waals surface area contributed by atoms with Crippen LogP contribution in [0.25, 0.3) is 44.5 Å². The van der Waals surface area contributed by atoms with Gasteiger partial charge < -0.3 is 25.4 Å². The number of primary amides is 1. The first-order valence-corrected chi connectivity index (χ1v) is 15.5. The van der Waals surface area contributed by atoms with Crippen LogP contribution in [0.15, 0.2) is 65.1 Å². The Morgan fingerprint density at radius 1 is 0.977 bits per heavy atom. The molecule has 3 fully saturated rings. The summed E-state index contributed by atoms with van der Waals surface area (Å²) in [4.78, 5) is 27.2. The van der Waals surface area contributed by atoms with Gasteiger partial charge >= 0.3 is 0 Å². The topological polar surface area (TPSA) is 107 Å². The Morgan fingerprint density at radius 3 is 2.47 bits per heavy atom. The van der Waals surface area contributed by atoms with Crippen molar-refractivity contribution in [2.45, 2.75) is 51.2 Å². The van der Waals surface area contributed by atoms with E-state index in [0.29, 0.717) is 28.0 Å².